The minimum Gasteiger partial charge on any atom is -0.493 e. The predicted octanol–water partition coefficient (Wildman–Crippen LogP) is 3.48. The number of carboxylic acid groups (broad SMARTS) is 1. The average Bonchev–Trinajstić information content (AvgIpc) is 3.56. The van der Waals surface area contributed by atoms with Crippen molar-refractivity contribution in [3.63, 3.8) is 0 Å². The number of benzene rings is 1. The first kappa shape index (κ1) is 29.9. The largest absolute Gasteiger partial charge is 0.493 e. The van der Waals surface area contributed by atoms with Crippen LogP contribution in [0.3, 0.4) is 0 Å². The molecule has 1 saturated heterocycles. The summed E-state index contributed by atoms with van der Waals surface area (Å²) >= 11 is 0. The van der Waals surface area contributed by atoms with Gasteiger partial charge in [-0.1, -0.05) is 25.5 Å². The van der Waals surface area contributed by atoms with Gasteiger partial charge in [-0.15, -0.1) is 0 Å². The molecule has 1 aromatic heterocycles. The van der Waals surface area contributed by atoms with E-state index in [0.717, 1.165) is 68.6 Å². The molecular formula is C31H45N5O4. The third-order valence-electron chi connectivity index (χ3n) is 8.21. The predicted molar refractivity (Wildman–Crippen MR) is 154 cm³/mol. The third kappa shape index (κ3) is 7.79. The number of hydrogen-bond acceptors (Lipinski definition) is 7. The van der Waals surface area contributed by atoms with Gasteiger partial charge in [0.2, 0.25) is 5.91 Å². The molecule has 0 bridgehead atoms. The molecule has 0 saturated carbocycles. The number of unbranched alkanes of at least 4 members (excludes halogenated alkanes) is 2. The molecule has 1 unspecified atom stereocenters. The molecule has 3 heterocycles. The number of carbonyl (C=O) groups excluding carboxylic acids is 1. The lowest BCUT2D eigenvalue weighted by molar-refractivity contribution is -0.143. The van der Waals surface area contributed by atoms with E-state index in [0.29, 0.717) is 31.8 Å². The van der Waals surface area contributed by atoms with Crippen LogP contribution in [0.4, 0.5) is 0 Å². The van der Waals surface area contributed by atoms with Crippen LogP contribution in [0.1, 0.15) is 61.9 Å². The Hall–Kier alpha value is -3.04. The molecule has 40 heavy (non-hydrogen) atoms. The fourth-order valence-electron chi connectivity index (χ4n) is 6.08. The maximum absolute atomic E-state index is 13.7. The number of rotatable bonds is 15. The summed E-state index contributed by atoms with van der Waals surface area (Å²) in [7, 11) is 4.13. The molecule has 1 aromatic carbocycles. The highest BCUT2D eigenvalue weighted by Gasteiger charge is 2.47. The molecule has 2 aliphatic rings. The standard InChI is InChI=1S/C31H45N5O4/c1-4-5-17-35(18-7-6-16-34(2)3)29(37)22-36-21-25(23-9-11-27-24(20-23)13-19-40-27)30(31(38)39)26(36)10-12-28-32-14-8-15-33-28/h8-9,11,14-15,20,25-26,30H,4-7,10,12-13,16-19,21-22H2,1-3H3,(H,38,39)/t25-,26+,30?/m1/s1. The number of ether oxygens (including phenoxy) is 1. The molecule has 4 rings (SSSR count). The van der Waals surface area contributed by atoms with Crippen molar-refractivity contribution < 1.29 is 19.4 Å². The lowest BCUT2D eigenvalue weighted by Gasteiger charge is -2.30. The van der Waals surface area contributed by atoms with Gasteiger partial charge in [-0.25, -0.2) is 9.97 Å². The van der Waals surface area contributed by atoms with Crippen LogP contribution in [-0.2, 0) is 22.4 Å². The van der Waals surface area contributed by atoms with Crippen LogP contribution in [0.5, 0.6) is 5.75 Å². The van der Waals surface area contributed by atoms with E-state index in [2.05, 4.69) is 46.9 Å². The summed E-state index contributed by atoms with van der Waals surface area (Å²) in [6.45, 7) is 6.04. The molecule has 1 amide bonds. The summed E-state index contributed by atoms with van der Waals surface area (Å²) in [5, 5.41) is 10.5. The number of likely N-dealkylation sites (tertiary alicyclic amines) is 1. The van der Waals surface area contributed by atoms with Gasteiger partial charge >= 0.3 is 5.97 Å². The van der Waals surface area contributed by atoms with Crippen molar-refractivity contribution >= 4 is 11.9 Å². The SMILES string of the molecule is CCCCN(CCCCN(C)C)C(=O)CN1C[C@H](c2ccc3c(c2)CCO3)C(C(=O)O)[C@@H]1CCc1ncccn1. The molecule has 2 aromatic rings. The minimum atomic E-state index is -0.817. The van der Waals surface area contributed by atoms with E-state index in [4.69, 9.17) is 4.74 Å². The van der Waals surface area contributed by atoms with Gasteiger partial charge in [-0.3, -0.25) is 14.5 Å². The van der Waals surface area contributed by atoms with Gasteiger partial charge in [0.25, 0.3) is 0 Å². The Labute approximate surface area is 238 Å². The first-order valence-electron chi connectivity index (χ1n) is 14.8. The summed E-state index contributed by atoms with van der Waals surface area (Å²) in [5.74, 6) is 0.0255. The number of carbonyl (C=O) groups is 2. The van der Waals surface area contributed by atoms with Crippen molar-refractivity contribution in [2.75, 3.05) is 53.4 Å². The Kier molecular flexibility index (Phi) is 10.9. The molecule has 3 atom stereocenters. The fourth-order valence-corrected chi connectivity index (χ4v) is 6.08. The van der Waals surface area contributed by atoms with E-state index in [1.54, 1.807) is 18.5 Å². The van der Waals surface area contributed by atoms with Crippen LogP contribution >= 0.6 is 0 Å². The zero-order chi connectivity index (χ0) is 28.5. The van der Waals surface area contributed by atoms with Crippen LogP contribution < -0.4 is 4.74 Å². The second-order valence-corrected chi connectivity index (χ2v) is 11.4. The molecule has 9 nitrogen and oxygen atoms in total. The number of carboxylic acids is 1. The van der Waals surface area contributed by atoms with Crippen LogP contribution in [0.25, 0.3) is 0 Å². The number of nitrogens with zero attached hydrogens (tertiary/aromatic N) is 5. The summed E-state index contributed by atoms with van der Waals surface area (Å²) in [5.41, 5.74) is 2.15. The molecule has 0 radical (unpaired) electrons. The molecular weight excluding hydrogens is 506 g/mol. The topological polar surface area (TPSA) is 99.1 Å². The van der Waals surface area contributed by atoms with Crippen LogP contribution in [0.15, 0.2) is 36.7 Å². The normalized spacial score (nSPS) is 20.4. The van der Waals surface area contributed by atoms with Crippen LogP contribution in [-0.4, -0.2) is 101 Å². The van der Waals surface area contributed by atoms with Crippen molar-refractivity contribution in [2.45, 2.75) is 63.8 Å². The van der Waals surface area contributed by atoms with Crippen molar-refractivity contribution in [1.82, 2.24) is 24.7 Å². The number of aryl methyl sites for hydroxylation is 1. The van der Waals surface area contributed by atoms with Gasteiger partial charge in [0, 0.05) is 56.8 Å². The molecule has 9 heteroatoms. The van der Waals surface area contributed by atoms with Gasteiger partial charge in [-0.05, 0) is 69.6 Å². The first-order chi connectivity index (χ1) is 19.4. The first-order valence-corrected chi connectivity index (χ1v) is 14.8. The number of hydrogen-bond donors (Lipinski definition) is 1. The van der Waals surface area contributed by atoms with Crippen LogP contribution in [0, 0.1) is 5.92 Å². The van der Waals surface area contributed by atoms with Crippen molar-refractivity contribution in [3.05, 3.63) is 53.6 Å². The lowest BCUT2D eigenvalue weighted by Crippen LogP contribution is -2.45. The number of aromatic nitrogens is 2. The number of aliphatic carboxylic acids is 1. The second kappa shape index (κ2) is 14.6. The Morgan fingerprint density at radius 2 is 1.85 bits per heavy atom. The lowest BCUT2D eigenvalue weighted by atomic mass is 9.83. The molecule has 1 N–H and O–H groups in total. The smallest absolute Gasteiger partial charge is 0.308 e. The zero-order valence-corrected chi connectivity index (χ0v) is 24.3. The highest BCUT2D eigenvalue weighted by atomic mass is 16.5. The Balaban J connectivity index is 1.54. The van der Waals surface area contributed by atoms with E-state index in [1.165, 1.54) is 0 Å². The van der Waals surface area contributed by atoms with E-state index in [-0.39, 0.29) is 24.4 Å². The second-order valence-electron chi connectivity index (χ2n) is 11.4. The molecule has 218 valence electrons. The number of fused-ring (bicyclic) bond motifs is 1. The molecule has 0 spiro atoms. The summed E-state index contributed by atoms with van der Waals surface area (Å²) < 4.78 is 5.69. The van der Waals surface area contributed by atoms with E-state index < -0.39 is 11.9 Å². The monoisotopic (exact) mass is 551 g/mol. The summed E-state index contributed by atoms with van der Waals surface area (Å²) in [6, 6.07) is 7.58. The van der Waals surface area contributed by atoms with Crippen molar-refractivity contribution in [1.29, 1.82) is 0 Å². The number of amides is 1. The maximum atomic E-state index is 13.7. The summed E-state index contributed by atoms with van der Waals surface area (Å²) in [4.78, 5) is 41.5. The van der Waals surface area contributed by atoms with Gasteiger partial charge in [0.05, 0.1) is 19.1 Å². The molecule has 1 fully saturated rings. The van der Waals surface area contributed by atoms with Gasteiger partial charge in [-0.2, -0.15) is 0 Å². The van der Waals surface area contributed by atoms with E-state index in [9.17, 15) is 14.7 Å². The zero-order valence-electron chi connectivity index (χ0n) is 24.3. The molecule has 2 aliphatic heterocycles. The van der Waals surface area contributed by atoms with Crippen molar-refractivity contribution in [2.24, 2.45) is 5.92 Å². The highest BCUT2D eigenvalue weighted by molar-refractivity contribution is 5.79. The van der Waals surface area contributed by atoms with Gasteiger partial charge in [0.1, 0.15) is 11.6 Å². The van der Waals surface area contributed by atoms with E-state index in [1.807, 2.05) is 17.0 Å². The Morgan fingerprint density at radius 1 is 1.10 bits per heavy atom. The highest BCUT2D eigenvalue weighted by Crippen LogP contribution is 2.41. The Morgan fingerprint density at radius 3 is 2.58 bits per heavy atom. The maximum Gasteiger partial charge on any atom is 0.308 e. The van der Waals surface area contributed by atoms with Gasteiger partial charge < -0.3 is 19.6 Å². The minimum absolute atomic E-state index is 0.0893. The van der Waals surface area contributed by atoms with E-state index >= 15 is 0 Å². The average molecular weight is 552 g/mol. The Bertz CT molecular complexity index is 1110. The summed E-state index contributed by atoms with van der Waals surface area (Å²) in [6.07, 6.45) is 9.39. The fraction of sp³-hybridized carbons (Fsp3) is 0.613. The third-order valence-corrected chi connectivity index (χ3v) is 8.21. The quantitative estimate of drug-likeness (QED) is 0.336. The van der Waals surface area contributed by atoms with Crippen molar-refractivity contribution in [3.8, 4) is 5.75 Å². The molecule has 0 aliphatic carbocycles. The van der Waals surface area contributed by atoms with Gasteiger partial charge in [0.15, 0.2) is 0 Å². The van der Waals surface area contributed by atoms with Crippen LogP contribution in [0.2, 0.25) is 0 Å².